The van der Waals surface area contributed by atoms with Gasteiger partial charge in [-0.1, -0.05) is 32.6 Å². The smallest absolute Gasteiger partial charge is 0.416 e. The molecule has 2 fully saturated rings. The highest BCUT2D eigenvalue weighted by atomic mass is 32.2. The van der Waals surface area contributed by atoms with Crippen molar-refractivity contribution in [2.24, 2.45) is 0 Å². The van der Waals surface area contributed by atoms with Crippen molar-refractivity contribution < 1.29 is 31.1 Å². The number of aryl methyl sites for hydroxylation is 1. The Labute approximate surface area is 213 Å². The number of sulfonamides is 1. The third kappa shape index (κ3) is 6.61. The van der Waals surface area contributed by atoms with Crippen LogP contribution < -0.4 is 4.74 Å². The van der Waals surface area contributed by atoms with Crippen molar-refractivity contribution in [1.29, 1.82) is 0 Å². The van der Waals surface area contributed by atoms with Gasteiger partial charge in [0.2, 0.25) is 10.0 Å². The number of Topliss-reactive ketones (excluding diaryl/α,β-unsaturated/α-hetero) is 1. The van der Waals surface area contributed by atoms with Crippen LogP contribution in [0, 0.1) is 6.92 Å². The molecule has 1 aromatic carbocycles. The molecular formula is C26H39F3N2O4S. The molecule has 2 aliphatic rings. The lowest BCUT2D eigenvalue weighted by Crippen LogP contribution is -2.58. The largest absolute Gasteiger partial charge is 0.496 e. The van der Waals surface area contributed by atoms with Gasteiger partial charge in [0.05, 0.1) is 24.0 Å². The van der Waals surface area contributed by atoms with E-state index >= 15 is 0 Å². The number of ether oxygens (including phenoxy) is 1. The fourth-order valence-electron chi connectivity index (χ4n) is 5.85. The third-order valence-electron chi connectivity index (χ3n) is 7.74. The summed E-state index contributed by atoms with van der Waals surface area (Å²) in [7, 11) is -1.96. The van der Waals surface area contributed by atoms with Crippen molar-refractivity contribution in [3.8, 4) is 5.75 Å². The summed E-state index contributed by atoms with van der Waals surface area (Å²) in [5, 5.41) is 0. The lowest BCUT2D eigenvalue weighted by Gasteiger charge is -2.48. The number of piperazine rings is 1. The number of nitrogens with zero attached hydrogens (tertiary/aromatic N) is 2. The van der Waals surface area contributed by atoms with E-state index in [0.29, 0.717) is 39.0 Å². The zero-order chi connectivity index (χ0) is 26.6. The van der Waals surface area contributed by atoms with Gasteiger partial charge in [-0.2, -0.15) is 17.5 Å². The molecule has 1 saturated heterocycles. The Bertz CT molecular complexity index is 1010. The number of benzene rings is 1. The van der Waals surface area contributed by atoms with Gasteiger partial charge in [0.15, 0.2) is 5.78 Å². The minimum absolute atomic E-state index is 0.0445. The predicted molar refractivity (Wildman–Crippen MR) is 134 cm³/mol. The van der Waals surface area contributed by atoms with Crippen LogP contribution in [-0.4, -0.2) is 68.0 Å². The summed E-state index contributed by atoms with van der Waals surface area (Å²) in [6.07, 6.45) is 3.09. The highest BCUT2D eigenvalue weighted by Crippen LogP contribution is 2.39. The molecule has 0 amide bonds. The number of alkyl halides is 3. The maximum atomic E-state index is 13.3. The number of ketones is 1. The zero-order valence-electron chi connectivity index (χ0n) is 21.6. The summed E-state index contributed by atoms with van der Waals surface area (Å²) in [5.74, 6) is -0.108. The highest BCUT2D eigenvalue weighted by Gasteiger charge is 2.40. The Morgan fingerprint density at radius 3 is 2.19 bits per heavy atom. The molecule has 0 spiro atoms. The fraction of sp³-hybridized carbons (Fsp3) is 0.731. The Balaban J connectivity index is 1.78. The van der Waals surface area contributed by atoms with Crippen molar-refractivity contribution in [1.82, 2.24) is 9.21 Å². The summed E-state index contributed by atoms with van der Waals surface area (Å²) >= 11 is 0. The third-order valence-corrected chi connectivity index (χ3v) is 9.82. The van der Waals surface area contributed by atoms with Crippen LogP contribution in [0.15, 0.2) is 12.1 Å². The molecule has 1 heterocycles. The molecule has 1 aliphatic carbocycles. The molecule has 204 valence electrons. The average molecular weight is 533 g/mol. The topological polar surface area (TPSA) is 66.9 Å². The second kappa shape index (κ2) is 11.8. The van der Waals surface area contributed by atoms with E-state index in [-0.39, 0.29) is 40.4 Å². The molecule has 1 aromatic rings. The Morgan fingerprint density at radius 1 is 1.06 bits per heavy atom. The summed E-state index contributed by atoms with van der Waals surface area (Å²) in [6, 6.07) is 1.91. The fourth-order valence-corrected chi connectivity index (χ4v) is 7.34. The summed E-state index contributed by atoms with van der Waals surface area (Å²) in [4.78, 5) is 15.7. The van der Waals surface area contributed by atoms with Crippen molar-refractivity contribution >= 4 is 15.8 Å². The molecule has 1 saturated carbocycles. The number of carbonyl (C=O) groups is 1. The number of rotatable bonds is 9. The number of methoxy groups -OCH3 is 1. The number of hydrogen-bond donors (Lipinski definition) is 0. The van der Waals surface area contributed by atoms with Crippen molar-refractivity contribution in [2.75, 3.05) is 39.0 Å². The van der Waals surface area contributed by atoms with E-state index in [1.54, 1.807) is 4.31 Å². The van der Waals surface area contributed by atoms with Crippen molar-refractivity contribution in [2.45, 2.75) is 83.4 Å². The van der Waals surface area contributed by atoms with E-state index in [2.05, 4.69) is 4.90 Å². The van der Waals surface area contributed by atoms with Crippen LogP contribution >= 0.6 is 0 Å². The quantitative estimate of drug-likeness (QED) is 0.313. The molecular weight excluding hydrogens is 493 g/mol. The van der Waals surface area contributed by atoms with Crippen molar-refractivity contribution in [3.05, 3.63) is 28.8 Å². The second-order valence-electron chi connectivity index (χ2n) is 10.1. The first kappa shape index (κ1) is 28.9. The maximum absolute atomic E-state index is 13.3. The molecule has 1 aliphatic heterocycles. The molecule has 0 aromatic heterocycles. The Kier molecular flexibility index (Phi) is 9.49. The van der Waals surface area contributed by atoms with Crippen molar-refractivity contribution in [3.63, 3.8) is 0 Å². The molecule has 0 atom stereocenters. The van der Waals surface area contributed by atoms with Gasteiger partial charge in [0.25, 0.3) is 0 Å². The van der Waals surface area contributed by atoms with Gasteiger partial charge < -0.3 is 4.74 Å². The standard InChI is InChI=1S/C26H39F3N2O4S/c1-4-17-36(33,34)31-15-13-30(14-16-31)25(10-7-5-6-8-11-25)12-9-22(32)24-20(2)18-21(26(27,28)29)19-23(24)35-3/h18-19H,4-17H2,1-3H3. The van der Waals surface area contributed by atoms with E-state index < -0.39 is 21.8 Å². The summed E-state index contributed by atoms with van der Waals surface area (Å²) in [5.41, 5.74) is -0.564. The summed E-state index contributed by atoms with van der Waals surface area (Å²) in [6.45, 7) is 5.52. The molecule has 36 heavy (non-hydrogen) atoms. The van der Waals surface area contributed by atoms with Crippen LogP contribution in [0.2, 0.25) is 0 Å². The van der Waals surface area contributed by atoms with Gasteiger partial charge in [-0.05, 0) is 50.3 Å². The van der Waals surface area contributed by atoms with E-state index in [4.69, 9.17) is 4.74 Å². The van der Waals surface area contributed by atoms with E-state index in [9.17, 15) is 26.4 Å². The van der Waals surface area contributed by atoms with Gasteiger partial charge in [-0.3, -0.25) is 9.69 Å². The van der Waals surface area contributed by atoms with Gasteiger partial charge in [-0.15, -0.1) is 0 Å². The first-order chi connectivity index (χ1) is 16.9. The molecule has 0 unspecified atom stereocenters. The molecule has 0 N–H and O–H groups in total. The molecule has 0 radical (unpaired) electrons. The normalized spacial score (nSPS) is 20.2. The first-order valence-corrected chi connectivity index (χ1v) is 14.6. The lowest BCUT2D eigenvalue weighted by atomic mass is 9.81. The van der Waals surface area contributed by atoms with E-state index in [1.807, 2.05) is 6.92 Å². The number of carbonyl (C=O) groups excluding carboxylic acids is 1. The molecule has 10 heteroatoms. The van der Waals surface area contributed by atoms with E-state index in [1.165, 1.54) is 14.0 Å². The number of halogens is 3. The minimum Gasteiger partial charge on any atom is -0.496 e. The average Bonchev–Trinajstić information content (AvgIpc) is 3.08. The van der Waals surface area contributed by atoms with Gasteiger partial charge in [-0.25, -0.2) is 8.42 Å². The minimum atomic E-state index is -4.52. The maximum Gasteiger partial charge on any atom is 0.416 e. The Hall–Kier alpha value is -1.65. The molecule has 0 bridgehead atoms. The Morgan fingerprint density at radius 2 is 1.67 bits per heavy atom. The van der Waals surface area contributed by atoms with Crippen LogP contribution in [0.25, 0.3) is 0 Å². The highest BCUT2D eigenvalue weighted by molar-refractivity contribution is 7.89. The van der Waals surface area contributed by atoms with Crippen LogP contribution in [0.5, 0.6) is 5.75 Å². The van der Waals surface area contributed by atoms with Crippen LogP contribution in [0.1, 0.15) is 86.2 Å². The molecule has 6 nitrogen and oxygen atoms in total. The second-order valence-corrected chi connectivity index (χ2v) is 12.2. The van der Waals surface area contributed by atoms with Gasteiger partial charge in [0.1, 0.15) is 5.75 Å². The summed E-state index contributed by atoms with van der Waals surface area (Å²) < 4.78 is 71.6. The first-order valence-electron chi connectivity index (χ1n) is 13.0. The SMILES string of the molecule is CCCS(=O)(=O)N1CCN(C2(CCC(=O)c3c(C)cc(C(F)(F)F)cc3OC)CCCCCC2)CC1. The monoisotopic (exact) mass is 532 g/mol. The van der Waals surface area contributed by atoms with Gasteiger partial charge in [0, 0.05) is 38.1 Å². The van der Waals surface area contributed by atoms with Gasteiger partial charge >= 0.3 is 6.18 Å². The van der Waals surface area contributed by atoms with Crippen LogP contribution in [-0.2, 0) is 16.2 Å². The zero-order valence-corrected chi connectivity index (χ0v) is 22.4. The van der Waals surface area contributed by atoms with E-state index in [0.717, 1.165) is 50.7 Å². The molecule has 3 rings (SSSR count). The van der Waals surface area contributed by atoms with Crippen LogP contribution in [0.4, 0.5) is 13.2 Å². The lowest BCUT2D eigenvalue weighted by molar-refractivity contribution is -0.137. The predicted octanol–water partition coefficient (Wildman–Crippen LogP) is 5.44. The number of hydrogen-bond acceptors (Lipinski definition) is 5. The van der Waals surface area contributed by atoms with Crippen LogP contribution in [0.3, 0.4) is 0 Å².